The lowest BCUT2D eigenvalue weighted by Crippen LogP contribution is -2.44. The molecule has 2 rings (SSSR count). The molecule has 1 saturated heterocycles. The molecule has 1 aromatic heterocycles. The molecule has 0 saturated carbocycles. The smallest absolute Gasteiger partial charge is 0.0931 e. The Balaban J connectivity index is 2.12. The first kappa shape index (κ1) is 11.6. The zero-order chi connectivity index (χ0) is 10.8. The van der Waals surface area contributed by atoms with Gasteiger partial charge in [0.15, 0.2) is 0 Å². The van der Waals surface area contributed by atoms with Crippen LogP contribution in [0.2, 0.25) is 4.34 Å². The van der Waals surface area contributed by atoms with Crippen molar-refractivity contribution in [3.8, 4) is 0 Å². The van der Waals surface area contributed by atoms with Gasteiger partial charge in [-0.05, 0) is 23.4 Å². The third-order valence-corrected chi connectivity index (χ3v) is 5.25. The van der Waals surface area contributed by atoms with Crippen LogP contribution in [0.5, 0.6) is 0 Å². The number of hydrogen-bond acceptors (Lipinski definition) is 3. The summed E-state index contributed by atoms with van der Waals surface area (Å²) in [7, 11) is -0.692. The molecule has 15 heavy (non-hydrogen) atoms. The first-order valence-electron chi connectivity index (χ1n) is 5.04. The first-order valence-corrected chi connectivity index (χ1v) is 7.78. The summed E-state index contributed by atoms with van der Waals surface area (Å²) in [6.07, 6.45) is 1.03. The van der Waals surface area contributed by atoms with Gasteiger partial charge in [-0.1, -0.05) is 18.5 Å². The molecular weight excluding hydrogens is 250 g/mol. The highest BCUT2D eigenvalue weighted by Crippen LogP contribution is 2.27. The normalized spacial score (nSPS) is 31.7. The first-order chi connectivity index (χ1) is 7.19. The van der Waals surface area contributed by atoms with Crippen molar-refractivity contribution in [1.82, 2.24) is 5.32 Å². The fourth-order valence-electron chi connectivity index (χ4n) is 1.79. The van der Waals surface area contributed by atoms with E-state index in [2.05, 4.69) is 17.6 Å². The van der Waals surface area contributed by atoms with Crippen LogP contribution in [-0.2, 0) is 10.8 Å². The van der Waals surface area contributed by atoms with E-state index in [-0.39, 0.29) is 6.04 Å². The van der Waals surface area contributed by atoms with Crippen molar-refractivity contribution in [2.45, 2.75) is 25.4 Å². The van der Waals surface area contributed by atoms with Crippen molar-refractivity contribution in [3.63, 3.8) is 0 Å². The average Bonchev–Trinajstić information content (AvgIpc) is 2.64. The van der Waals surface area contributed by atoms with E-state index < -0.39 is 10.8 Å². The number of hydrogen-bond donors (Lipinski definition) is 1. The Kier molecular flexibility index (Phi) is 3.83. The molecular formula is C10H14ClNOS2. The van der Waals surface area contributed by atoms with E-state index in [1.165, 1.54) is 16.9 Å². The van der Waals surface area contributed by atoms with Gasteiger partial charge in [-0.15, -0.1) is 11.3 Å². The standard InChI is InChI=1S/C10H14ClNOS2/c1-2-8-5-15(13)6-9(12-8)7-3-10(11)14-4-7/h3-4,8-9,12H,2,5-6H2,1H3. The van der Waals surface area contributed by atoms with Crippen molar-refractivity contribution in [2.75, 3.05) is 11.5 Å². The largest absolute Gasteiger partial charge is 0.305 e. The van der Waals surface area contributed by atoms with E-state index >= 15 is 0 Å². The summed E-state index contributed by atoms with van der Waals surface area (Å²) in [6, 6.07) is 2.57. The Morgan fingerprint density at radius 1 is 1.67 bits per heavy atom. The highest BCUT2D eigenvalue weighted by molar-refractivity contribution is 7.85. The maximum atomic E-state index is 11.7. The van der Waals surface area contributed by atoms with Crippen LogP contribution >= 0.6 is 22.9 Å². The van der Waals surface area contributed by atoms with E-state index in [0.717, 1.165) is 16.5 Å². The topological polar surface area (TPSA) is 29.1 Å². The predicted octanol–water partition coefficient (Wildman–Crippen LogP) is 2.57. The van der Waals surface area contributed by atoms with Gasteiger partial charge in [0.2, 0.25) is 0 Å². The van der Waals surface area contributed by atoms with Gasteiger partial charge >= 0.3 is 0 Å². The van der Waals surface area contributed by atoms with Crippen LogP contribution in [-0.4, -0.2) is 21.8 Å². The molecule has 0 aromatic carbocycles. The lowest BCUT2D eigenvalue weighted by molar-refractivity contribution is 0.456. The molecule has 2 heterocycles. The molecule has 2 nitrogen and oxygen atoms in total. The second-order valence-corrected chi connectivity index (χ2v) is 6.87. The Morgan fingerprint density at radius 2 is 2.47 bits per heavy atom. The fourth-order valence-corrected chi connectivity index (χ4v) is 4.32. The number of thiophene rings is 1. The zero-order valence-corrected chi connectivity index (χ0v) is 10.9. The number of rotatable bonds is 2. The molecule has 3 atom stereocenters. The third-order valence-electron chi connectivity index (χ3n) is 2.66. The number of halogens is 1. The van der Waals surface area contributed by atoms with E-state index in [9.17, 15) is 4.21 Å². The van der Waals surface area contributed by atoms with Gasteiger partial charge < -0.3 is 5.32 Å². The van der Waals surface area contributed by atoms with Gasteiger partial charge in [0.25, 0.3) is 0 Å². The molecule has 1 aliphatic rings. The van der Waals surface area contributed by atoms with E-state index in [0.29, 0.717) is 11.8 Å². The monoisotopic (exact) mass is 263 g/mol. The lowest BCUT2D eigenvalue weighted by Gasteiger charge is -2.29. The molecule has 0 bridgehead atoms. The highest BCUT2D eigenvalue weighted by Gasteiger charge is 2.26. The van der Waals surface area contributed by atoms with E-state index in [1.54, 1.807) is 0 Å². The van der Waals surface area contributed by atoms with Gasteiger partial charge in [0.05, 0.1) is 4.34 Å². The van der Waals surface area contributed by atoms with Gasteiger partial charge in [-0.3, -0.25) is 4.21 Å². The van der Waals surface area contributed by atoms with Crippen molar-refractivity contribution in [3.05, 3.63) is 21.3 Å². The minimum absolute atomic E-state index is 0.216. The highest BCUT2D eigenvalue weighted by atomic mass is 35.5. The van der Waals surface area contributed by atoms with Crippen LogP contribution in [0.25, 0.3) is 0 Å². The van der Waals surface area contributed by atoms with Crippen molar-refractivity contribution in [2.24, 2.45) is 0 Å². The van der Waals surface area contributed by atoms with E-state index in [1.807, 2.05) is 6.07 Å². The fraction of sp³-hybridized carbons (Fsp3) is 0.600. The summed E-state index contributed by atoms with van der Waals surface area (Å²) in [4.78, 5) is 0. The van der Waals surface area contributed by atoms with Crippen LogP contribution in [0.15, 0.2) is 11.4 Å². The van der Waals surface area contributed by atoms with Crippen molar-refractivity contribution < 1.29 is 4.21 Å². The molecule has 1 aliphatic heterocycles. The Labute approximate surface area is 101 Å². The molecule has 0 amide bonds. The molecule has 5 heteroatoms. The molecule has 0 radical (unpaired) electrons. The Hall–Kier alpha value is 0.1000. The molecule has 0 aliphatic carbocycles. The van der Waals surface area contributed by atoms with Crippen LogP contribution in [0.1, 0.15) is 24.9 Å². The van der Waals surface area contributed by atoms with Crippen LogP contribution < -0.4 is 5.32 Å². The summed E-state index contributed by atoms with van der Waals surface area (Å²) in [6.45, 7) is 2.12. The minimum atomic E-state index is -0.692. The molecule has 1 aromatic rings. The lowest BCUT2D eigenvalue weighted by atomic mass is 10.1. The quantitative estimate of drug-likeness (QED) is 0.889. The van der Waals surface area contributed by atoms with Gasteiger partial charge in [-0.25, -0.2) is 0 Å². The zero-order valence-electron chi connectivity index (χ0n) is 8.53. The second kappa shape index (κ2) is 4.95. The predicted molar refractivity (Wildman–Crippen MR) is 67.2 cm³/mol. The molecule has 3 unspecified atom stereocenters. The summed E-state index contributed by atoms with van der Waals surface area (Å²) in [5.41, 5.74) is 1.18. The van der Waals surface area contributed by atoms with Gasteiger partial charge in [0.1, 0.15) is 0 Å². The Bertz CT molecular complexity index is 366. The second-order valence-electron chi connectivity index (χ2n) is 3.78. The van der Waals surface area contributed by atoms with Crippen LogP contribution in [0.3, 0.4) is 0 Å². The van der Waals surface area contributed by atoms with Crippen LogP contribution in [0, 0.1) is 0 Å². The summed E-state index contributed by atoms with van der Waals surface area (Å²) < 4.78 is 12.5. The average molecular weight is 264 g/mol. The summed E-state index contributed by atoms with van der Waals surface area (Å²) in [5, 5.41) is 5.57. The molecule has 1 N–H and O–H groups in total. The molecule has 84 valence electrons. The maximum absolute atomic E-state index is 11.7. The maximum Gasteiger partial charge on any atom is 0.0931 e. The minimum Gasteiger partial charge on any atom is -0.305 e. The SMILES string of the molecule is CCC1CS(=O)CC(c2csc(Cl)c2)N1. The summed E-state index contributed by atoms with van der Waals surface area (Å²) >= 11 is 7.44. The summed E-state index contributed by atoms with van der Waals surface area (Å²) in [5.74, 6) is 1.49. The third kappa shape index (κ3) is 2.81. The van der Waals surface area contributed by atoms with Gasteiger partial charge in [-0.2, -0.15) is 0 Å². The molecule has 0 spiro atoms. The van der Waals surface area contributed by atoms with E-state index in [4.69, 9.17) is 11.6 Å². The van der Waals surface area contributed by atoms with Gasteiger partial charge in [0, 0.05) is 34.4 Å². The van der Waals surface area contributed by atoms with Crippen molar-refractivity contribution in [1.29, 1.82) is 0 Å². The molecule has 1 fully saturated rings. The Morgan fingerprint density at radius 3 is 3.07 bits per heavy atom. The van der Waals surface area contributed by atoms with Crippen LogP contribution in [0.4, 0.5) is 0 Å². The number of nitrogens with one attached hydrogen (secondary N) is 1. The van der Waals surface area contributed by atoms with Crippen molar-refractivity contribution >= 4 is 33.7 Å².